The summed E-state index contributed by atoms with van der Waals surface area (Å²) in [6, 6.07) is 0. The van der Waals surface area contributed by atoms with Crippen LogP contribution in [0.3, 0.4) is 0 Å². The van der Waals surface area contributed by atoms with E-state index in [1.807, 2.05) is 0 Å². The fourth-order valence-corrected chi connectivity index (χ4v) is 3.77. The number of aromatic nitrogens is 1. The van der Waals surface area contributed by atoms with Gasteiger partial charge in [0.1, 0.15) is 0 Å². The average molecular weight is 309 g/mol. The van der Waals surface area contributed by atoms with Crippen molar-refractivity contribution in [1.29, 1.82) is 0 Å². The Labute approximate surface area is 114 Å². The predicted octanol–water partition coefficient (Wildman–Crippen LogP) is 2.59. The van der Waals surface area contributed by atoms with E-state index in [0.717, 1.165) is 43.2 Å². The van der Waals surface area contributed by atoms with E-state index >= 15 is 0 Å². The van der Waals surface area contributed by atoms with E-state index < -0.39 is 9.05 Å². The van der Waals surface area contributed by atoms with Crippen molar-refractivity contribution in [1.82, 2.24) is 4.98 Å². The number of halogens is 1. The van der Waals surface area contributed by atoms with Crippen LogP contribution in [0.2, 0.25) is 0 Å². The number of carbonyl (C=O) groups excluding carboxylic acids is 1. The van der Waals surface area contributed by atoms with E-state index in [1.54, 1.807) is 0 Å². The number of rotatable bonds is 3. The maximum Gasteiger partial charge on any atom is 0.272 e. The summed E-state index contributed by atoms with van der Waals surface area (Å²) < 4.78 is 22.1. The van der Waals surface area contributed by atoms with Crippen LogP contribution in [-0.4, -0.2) is 19.3 Å². The summed E-state index contributed by atoms with van der Waals surface area (Å²) in [5, 5.41) is 2.93. The van der Waals surface area contributed by atoms with Crippen LogP contribution in [0.15, 0.2) is 10.4 Å². The fraction of sp³-hybridized carbons (Fsp3) is 0.600. The third-order valence-electron chi connectivity index (χ3n) is 2.93. The third kappa shape index (κ3) is 3.43. The minimum absolute atomic E-state index is 0.0127. The van der Waals surface area contributed by atoms with Gasteiger partial charge in [-0.05, 0) is 12.8 Å². The van der Waals surface area contributed by atoms with Crippen LogP contribution in [-0.2, 0) is 13.8 Å². The molecule has 100 valence electrons. The average Bonchev–Trinajstić information content (AvgIpc) is 2.78. The molecule has 1 fully saturated rings. The van der Waals surface area contributed by atoms with Gasteiger partial charge in [-0.2, -0.15) is 0 Å². The van der Waals surface area contributed by atoms with Gasteiger partial charge in [0, 0.05) is 16.6 Å². The molecule has 8 heteroatoms. The Bertz CT molecular complexity index is 535. The Morgan fingerprint density at radius 1 is 1.39 bits per heavy atom. The lowest BCUT2D eigenvalue weighted by molar-refractivity contribution is -0.120. The molecule has 0 spiro atoms. The Hall–Kier alpha value is -0.660. The molecule has 1 aromatic heterocycles. The van der Waals surface area contributed by atoms with Crippen LogP contribution in [0.1, 0.15) is 32.1 Å². The SMILES string of the molecule is O=C(Nc1ncc(S(=O)(=O)Cl)s1)C1CCCCC1. The van der Waals surface area contributed by atoms with Crippen molar-refractivity contribution >= 4 is 42.1 Å². The van der Waals surface area contributed by atoms with Crippen LogP contribution >= 0.6 is 22.0 Å². The zero-order valence-corrected chi connectivity index (χ0v) is 11.9. The molecular formula is C10H13ClN2O3S2. The maximum atomic E-state index is 11.9. The number of nitrogens with zero attached hydrogens (tertiary/aromatic N) is 1. The summed E-state index contributed by atoms with van der Waals surface area (Å²) in [6.07, 6.45) is 6.24. The molecule has 18 heavy (non-hydrogen) atoms. The molecule has 1 heterocycles. The van der Waals surface area contributed by atoms with E-state index in [4.69, 9.17) is 10.7 Å². The minimum atomic E-state index is -3.77. The van der Waals surface area contributed by atoms with E-state index in [2.05, 4.69) is 10.3 Å². The largest absolute Gasteiger partial charge is 0.302 e. The highest BCUT2D eigenvalue weighted by Crippen LogP contribution is 2.28. The lowest BCUT2D eigenvalue weighted by Crippen LogP contribution is -2.24. The number of anilines is 1. The van der Waals surface area contributed by atoms with E-state index in [-0.39, 0.29) is 21.2 Å². The first-order valence-electron chi connectivity index (χ1n) is 5.68. The van der Waals surface area contributed by atoms with Gasteiger partial charge < -0.3 is 5.32 Å². The summed E-state index contributed by atoms with van der Waals surface area (Å²) >= 11 is 0.869. The molecular weight excluding hydrogens is 296 g/mol. The predicted molar refractivity (Wildman–Crippen MR) is 70.4 cm³/mol. The van der Waals surface area contributed by atoms with Gasteiger partial charge in [-0.3, -0.25) is 4.79 Å². The van der Waals surface area contributed by atoms with E-state index in [0.29, 0.717) is 0 Å². The second-order valence-corrected chi connectivity index (χ2v) is 8.07. The van der Waals surface area contributed by atoms with Gasteiger partial charge in [-0.25, -0.2) is 13.4 Å². The molecule has 1 N–H and O–H groups in total. The molecule has 1 aliphatic rings. The lowest BCUT2D eigenvalue weighted by atomic mass is 9.89. The number of hydrogen-bond acceptors (Lipinski definition) is 5. The summed E-state index contributed by atoms with van der Waals surface area (Å²) in [6.45, 7) is 0. The van der Waals surface area contributed by atoms with Gasteiger partial charge in [0.05, 0.1) is 6.20 Å². The van der Waals surface area contributed by atoms with Gasteiger partial charge in [0.2, 0.25) is 5.91 Å². The molecule has 2 rings (SSSR count). The first-order chi connectivity index (χ1) is 8.47. The molecule has 0 aromatic carbocycles. The Kier molecular flexibility index (Phi) is 4.24. The molecule has 0 radical (unpaired) electrons. The molecule has 0 atom stereocenters. The van der Waals surface area contributed by atoms with Crippen LogP contribution < -0.4 is 5.32 Å². The van der Waals surface area contributed by atoms with Gasteiger partial charge >= 0.3 is 0 Å². The van der Waals surface area contributed by atoms with E-state index in [1.165, 1.54) is 6.42 Å². The van der Waals surface area contributed by atoms with Crippen LogP contribution in [0.4, 0.5) is 5.13 Å². The number of thiazole rings is 1. The fourth-order valence-electron chi connectivity index (χ4n) is 2.00. The summed E-state index contributed by atoms with van der Waals surface area (Å²) in [7, 11) is 1.42. The van der Waals surface area contributed by atoms with Crippen molar-refractivity contribution in [3.8, 4) is 0 Å². The van der Waals surface area contributed by atoms with Crippen molar-refractivity contribution in [2.45, 2.75) is 36.3 Å². The molecule has 1 aliphatic carbocycles. The van der Waals surface area contributed by atoms with Gasteiger partial charge in [-0.15, -0.1) is 0 Å². The molecule has 5 nitrogen and oxygen atoms in total. The monoisotopic (exact) mass is 308 g/mol. The highest BCUT2D eigenvalue weighted by Gasteiger charge is 2.22. The van der Waals surface area contributed by atoms with Crippen molar-refractivity contribution in [2.75, 3.05) is 5.32 Å². The van der Waals surface area contributed by atoms with E-state index in [9.17, 15) is 13.2 Å². The zero-order valence-electron chi connectivity index (χ0n) is 9.56. The van der Waals surface area contributed by atoms with Crippen molar-refractivity contribution in [3.63, 3.8) is 0 Å². The quantitative estimate of drug-likeness (QED) is 0.871. The number of amides is 1. The smallest absolute Gasteiger partial charge is 0.272 e. The zero-order chi connectivity index (χ0) is 13.2. The summed E-state index contributed by atoms with van der Waals surface area (Å²) in [4.78, 5) is 15.7. The first-order valence-corrected chi connectivity index (χ1v) is 8.81. The highest BCUT2D eigenvalue weighted by atomic mass is 35.7. The topological polar surface area (TPSA) is 76.1 Å². The minimum Gasteiger partial charge on any atom is -0.302 e. The Morgan fingerprint density at radius 3 is 2.61 bits per heavy atom. The van der Waals surface area contributed by atoms with Crippen LogP contribution in [0, 0.1) is 5.92 Å². The molecule has 1 amide bonds. The molecule has 1 aromatic rings. The molecule has 0 bridgehead atoms. The van der Waals surface area contributed by atoms with Crippen LogP contribution in [0.5, 0.6) is 0 Å². The molecule has 1 saturated carbocycles. The van der Waals surface area contributed by atoms with Crippen LogP contribution in [0.25, 0.3) is 0 Å². The maximum absolute atomic E-state index is 11.9. The first kappa shape index (κ1) is 13.8. The number of nitrogens with one attached hydrogen (secondary N) is 1. The van der Waals surface area contributed by atoms with Gasteiger partial charge in [0.15, 0.2) is 9.34 Å². The summed E-state index contributed by atoms with van der Waals surface area (Å²) in [5.41, 5.74) is 0. The van der Waals surface area contributed by atoms with Crippen molar-refractivity contribution < 1.29 is 13.2 Å². The second-order valence-electron chi connectivity index (χ2n) is 4.25. The molecule has 0 unspecified atom stereocenters. The summed E-state index contributed by atoms with van der Waals surface area (Å²) in [5.74, 6) is -0.0683. The number of hydrogen-bond donors (Lipinski definition) is 1. The third-order valence-corrected chi connectivity index (χ3v) is 5.91. The van der Waals surface area contributed by atoms with Crippen molar-refractivity contribution in [3.05, 3.63) is 6.20 Å². The Balaban J connectivity index is 2.01. The van der Waals surface area contributed by atoms with Gasteiger partial charge in [0.25, 0.3) is 9.05 Å². The second kappa shape index (κ2) is 5.54. The van der Waals surface area contributed by atoms with Gasteiger partial charge in [-0.1, -0.05) is 30.6 Å². The lowest BCUT2D eigenvalue weighted by Gasteiger charge is -2.19. The standard InChI is InChI=1S/C10H13ClN2O3S2/c11-18(15,16)8-6-12-10(17-8)13-9(14)7-4-2-1-3-5-7/h6-7H,1-5H2,(H,12,13,14). The molecule has 0 saturated heterocycles. The van der Waals surface area contributed by atoms with Crippen molar-refractivity contribution in [2.24, 2.45) is 5.92 Å². The Morgan fingerprint density at radius 2 is 2.06 bits per heavy atom. The number of carbonyl (C=O) groups is 1. The normalized spacial score (nSPS) is 17.6. The molecule has 0 aliphatic heterocycles. The highest BCUT2D eigenvalue weighted by molar-refractivity contribution is 8.15.